The van der Waals surface area contributed by atoms with Gasteiger partial charge in [-0.15, -0.1) is 35.4 Å². The van der Waals surface area contributed by atoms with Crippen LogP contribution in [0.15, 0.2) is 144 Å². The van der Waals surface area contributed by atoms with Gasteiger partial charge in [0, 0.05) is 37.7 Å². The average Bonchev–Trinajstić information content (AvgIpc) is 3.70. The molecule has 0 saturated carbocycles. The molecule has 1 unspecified atom stereocenters. The summed E-state index contributed by atoms with van der Waals surface area (Å²) in [7, 11) is 0. The van der Waals surface area contributed by atoms with Gasteiger partial charge < -0.3 is 9.52 Å². The van der Waals surface area contributed by atoms with Crippen LogP contribution in [-0.4, -0.2) is 20.1 Å². The molecule has 8 aromatic rings. The number of aromatic nitrogens is 3. The third kappa shape index (κ3) is 4.02. The third-order valence-electron chi connectivity index (χ3n) is 8.87. The predicted octanol–water partition coefficient (Wildman–Crippen LogP) is 8.97. The molecule has 1 aliphatic rings. The molecule has 3 heterocycles. The second-order valence-electron chi connectivity index (χ2n) is 11.2. The van der Waals surface area contributed by atoms with E-state index in [9.17, 15) is 6.48 Å². The molecule has 6 heteroatoms. The fourth-order valence-electron chi connectivity index (χ4n) is 6.97. The molecular formula is C40H24N3O2Pt-. The van der Waals surface area contributed by atoms with Crippen molar-refractivity contribution in [2.75, 3.05) is 0 Å². The number of pyridine rings is 1. The Kier molecular flexibility index (Phi) is 6.39. The zero-order valence-electron chi connectivity index (χ0n) is 25.2. The first-order valence-corrected chi connectivity index (χ1v) is 14.7. The van der Waals surface area contributed by atoms with Gasteiger partial charge in [-0.2, -0.15) is 0 Å². The molecule has 222 valence electrons. The Hall–Kier alpha value is -5.38. The maximum Gasteiger partial charge on any atom is 0.219 e. The van der Waals surface area contributed by atoms with Crippen LogP contribution in [0.5, 0.6) is 5.75 Å². The summed E-state index contributed by atoms with van der Waals surface area (Å²) < 4.78 is 14.8. The number of fused-ring (bicyclic) bond motifs is 6. The molecule has 3 aromatic heterocycles. The van der Waals surface area contributed by atoms with Gasteiger partial charge >= 0.3 is 0 Å². The standard InChI is InChI=1S/C40H24N3O2.Pt/c44-35-17-6-4-14-30(35)34-16-8-18-36(43-34)40(27-11-7-10-26(23-27)38-31-21-22-45-39(31)42-24-41-38)32-15-5-3-13-29(32)37-28-12-2-1-9-25(28)19-20-33(37)40;/h1-22,24,44H;/q-1;/i19D;. The van der Waals surface area contributed by atoms with Crippen molar-refractivity contribution in [3.8, 4) is 39.4 Å². The Morgan fingerprint density at radius 2 is 1.52 bits per heavy atom. The normalized spacial score (nSPS) is 15.3. The molecule has 0 saturated heterocycles. The summed E-state index contributed by atoms with van der Waals surface area (Å²) in [6.07, 6.45) is 3.13. The topological polar surface area (TPSA) is 72.0 Å². The maximum atomic E-state index is 10.8. The number of nitrogens with zero attached hydrogens (tertiary/aromatic N) is 3. The van der Waals surface area contributed by atoms with E-state index in [1.165, 1.54) is 6.33 Å². The van der Waals surface area contributed by atoms with Crippen molar-refractivity contribution in [2.45, 2.75) is 5.41 Å². The van der Waals surface area contributed by atoms with Gasteiger partial charge in [-0.1, -0.05) is 78.8 Å². The third-order valence-corrected chi connectivity index (χ3v) is 8.87. The van der Waals surface area contributed by atoms with Gasteiger partial charge in [0.25, 0.3) is 0 Å². The van der Waals surface area contributed by atoms with Crippen molar-refractivity contribution in [1.82, 2.24) is 15.0 Å². The number of rotatable bonds is 4. The summed E-state index contributed by atoms with van der Waals surface area (Å²) in [5, 5.41) is 13.5. The summed E-state index contributed by atoms with van der Waals surface area (Å²) in [4.78, 5) is 14.2. The van der Waals surface area contributed by atoms with Gasteiger partial charge in [0.05, 0.1) is 24.4 Å². The van der Waals surface area contributed by atoms with E-state index in [1.54, 1.807) is 18.4 Å². The minimum Gasteiger partial charge on any atom is -0.507 e. The summed E-state index contributed by atoms with van der Waals surface area (Å²) in [5.41, 5.74) is 8.18. The minimum atomic E-state index is -0.940. The molecule has 5 nitrogen and oxygen atoms in total. The van der Waals surface area contributed by atoms with Crippen LogP contribution in [0.2, 0.25) is 0 Å². The molecule has 0 radical (unpaired) electrons. The predicted molar refractivity (Wildman–Crippen MR) is 176 cm³/mol. The first-order chi connectivity index (χ1) is 22.6. The molecule has 0 bridgehead atoms. The summed E-state index contributed by atoms with van der Waals surface area (Å²) in [6.45, 7) is 0. The van der Waals surface area contributed by atoms with Gasteiger partial charge in [0.1, 0.15) is 12.1 Å². The van der Waals surface area contributed by atoms with Gasteiger partial charge in [-0.25, -0.2) is 4.98 Å². The van der Waals surface area contributed by atoms with E-state index in [0.29, 0.717) is 23.0 Å². The van der Waals surface area contributed by atoms with Crippen LogP contribution in [-0.2, 0) is 26.5 Å². The monoisotopic (exact) mass is 774 g/mol. The Morgan fingerprint density at radius 3 is 2.43 bits per heavy atom. The van der Waals surface area contributed by atoms with Crippen LogP contribution in [0.4, 0.5) is 0 Å². The second-order valence-corrected chi connectivity index (χ2v) is 11.2. The number of benzene rings is 5. The first kappa shape index (κ1) is 27.0. The SMILES string of the molecule is [2H]c1cc2c(c3ccccc13)-c1ccccc1C2(c1[c-]c(-c2ncnc3occc23)ccc1)c1cccc(-c2ccccc2O)n1.[Pt]. The maximum absolute atomic E-state index is 10.8. The van der Waals surface area contributed by atoms with Crippen molar-refractivity contribution in [2.24, 2.45) is 0 Å². The van der Waals surface area contributed by atoms with E-state index in [1.807, 2.05) is 72.8 Å². The Labute approximate surface area is 280 Å². The minimum absolute atomic E-state index is 0. The van der Waals surface area contributed by atoms with Crippen LogP contribution in [0.25, 0.3) is 55.5 Å². The van der Waals surface area contributed by atoms with Crippen molar-refractivity contribution in [1.29, 1.82) is 0 Å². The van der Waals surface area contributed by atoms with Gasteiger partial charge in [0.15, 0.2) is 0 Å². The van der Waals surface area contributed by atoms with Crippen molar-refractivity contribution in [3.63, 3.8) is 0 Å². The van der Waals surface area contributed by atoms with E-state index in [-0.39, 0.29) is 26.8 Å². The molecule has 0 amide bonds. The summed E-state index contributed by atoms with van der Waals surface area (Å²) in [5.74, 6) is 0.161. The molecule has 9 rings (SSSR count). The van der Waals surface area contributed by atoms with Crippen LogP contribution in [0.3, 0.4) is 0 Å². The smallest absolute Gasteiger partial charge is 0.219 e. The molecule has 1 aliphatic carbocycles. The molecule has 1 N–H and O–H groups in total. The second kappa shape index (κ2) is 10.9. The molecule has 0 fully saturated rings. The van der Waals surface area contributed by atoms with Crippen molar-refractivity contribution in [3.05, 3.63) is 168 Å². The Morgan fingerprint density at radius 1 is 0.717 bits per heavy atom. The average molecular weight is 775 g/mol. The van der Waals surface area contributed by atoms with Gasteiger partial charge in [-0.05, 0) is 63.4 Å². The van der Waals surface area contributed by atoms with E-state index < -0.39 is 5.41 Å². The molecule has 5 aromatic carbocycles. The summed E-state index contributed by atoms with van der Waals surface area (Å²) in [6, 6.07) is 43.9. The molecular weight excluding hydrogens is 750 g/mol. The number of furan rings is 1. The van der Waals surface area contributed by atoms with Gasteiger partial charge in [0.2, 0.25) is 5.71 Å². The largest absolute Gasteiger partial charge is 0.507 e. The zero-order valence-corrected chi connectivity index (χ0v) is 26.5. The molecule has 0 spiro atoms. The van der Waals surface area contributed by atoms with Crippen molar-refractivity contribution >= 4 is 21.9 Å². The number of hydrogen-bond acceptors (Lipinski definition) is 5. The number of phenolic OH excluding ortho intramolecular Hbond substituents is 1. The Bertz CT molecular complexity index is 2490. The van der Waals surface area contributed by atoms with E-state index >= 15 is 0 Å². The number of aromatic hydroxyl groups is 1. The van der Waals surface area contributed by atoms with E-state index in [4.69, 9.17) is 9.40 Å². The molecule has 46 heavy (non-hydrogen) atoms. The van der Waals surface area contributed by atoms with Crippen LogP contribution >= 0.6 is 0 Å². The number of hydrogen-bond donors (Lipinski definition) is 1. The van der Waals surface area contributed by atoms with E-state index in [0.717, 1.165) is 60.9 Å². The van der Waals surface area contributed by atoms with Crippen LogP contribution in [0.1, 0.15) is 23.8 Å². The fraction of sp³-hybridized carbons (Fsp3) is 0.0250. The van der Waals surface area contributed by atoms with Gasteiger partial charge in [-0.3, -0.25) is 9.97 Å². The Balaban J connectivity index is 0.00000324. The molecule has 0 aliphatic heterocycles. The number of para-hydroxylation sites is 1. The fourth-order valence-corrected chi connectivity index (χ4v) is 6.97. The van der Waals surface area contributed by atoms with E-state index in [2.05, 4.69) is 52.4 Å². The van der Waals surface area contributed by atoms with Crippen LogP contribution in [0, 0.1) is 6.07 Å². The first-order valence-electron chi connectivity index (χ1n) is 15.2. The zero-order chi connectivity index (χ0) is 30.8. The molecule has 1 atom stereocenters. The van der Waals surface area contributed by atoms with Crippen molar-refractivity contribution < 1.29 is 32.0 Å². The summed E-state index contributed by atoms with van der Waals surface area (Å²) >= 11 is 0. The number of phenols is 1. The quantitative estimate of drug-likeness (QED) is 0.181. The van der Waals surface area contributed by atoms with Crippen LogP contribution < -0.4 is 0 Å².